The van der Waals surface area contributed by atoms with Crippen LogP contribution in [-0.2, 0) is 13.1 Å². The summed E-state index contributed by atoms with van der Waals surface area (Å²) in [5.41, 5.74) is 3.76. The number of fused-ring (bicyclic) bond motifs is 1. The molecule has 6 nitrogen and oxygen atoms in total. The van der Waals surface area contributed by atoms with E-state index in [1.165, 1.54) is 0 Å². The number of pyridine rings is 1. The lowest BCUT2D eigenvalue weighted by atomic mass is 10.0. The van der Waals surface area contributed by atoms with Crippen molar-refractivity contribution in [3.63, 3.8) is 0 Å². The second-order valence-corrected chi connectivity index (χ2v) is 8.53. The van der Waals surface area contributed by atoms with Crippen molar-refractivity contribution >= 4 is 28.2 Å². The number of nitrogens with zero attached hydrogens (tertiary/aromatic N) is 2. The maximum atomic E-state index is 12.9. The van der Waals surface area contributed by atoms with Gasteiger partial charge < -0.3 is 24.5 Å². The van der Waals surface area contributed by atoms with Crippen molar-refractivity contribution < 1.29 is 4.42 Å². The topological polar surface area (TPSA) is 64.5 Å². The molecule has 7 heteroatoms. The quantitative estimate of drug-likeness (QED) is 0.351. The van der Waals surface area contributed by atoms with Crippen molar-refractivity contribution in [1.29, 1.82) is 0 Å². The summed E-state index contributed by atoms with van der Waals surface area (Å²) in [6.45, 7) is 13.3. The van der Waals surface area contributed by atoms with Crippen LogP contribution in [-0.4, -0.2) is 46.1 Å². The minimum absolute atomic E-state index is 0.0834. The number of rotatable bonds is 10. The molecule has 0 aliphatic heterocycles. The van der Waals surface area contributed by atoms with Crippen LogP contribution in [0.3, 0.4) is 0 Å². The Kier molecular flexibility index (Phi) is 8.47. The largest absolute Gasteiger partial charge is 0.467 e. The number of benzene rings is 1. The van der Waals surface area contributed by atoms with Gasteiger partial charge in [0.25, 0.3) is 5.56 Å². The average Bonchev–Trinajstić information content (AvgIpc) is 3.30. The van der Waals surface area contributed by atoms with Gasteiger partial charge in [0.1, 0.15) is 5.76 Å². The Morgan fingerprint density at radius 1 is 1.16 bits per heavy atom. The summed E-state index contributed by atoms with van der Waals surface area (Å²) in [7, 11) is 0. The number of H-pyrrole nitrogens is 1. The molecule has 0 aliphatic carbocycles. The summed E-state index contributed by atoms with van der Waals surface area (Å²) in [4.78, 5) is 20.3. The van der Waals surface area contributed by atoms with Gasteiger partial charge in [-0.3, -0.25) is 4.79 Å². The first-order valence-electron chi connectivity index (χ1n) is 11.3. The van der Waals surface area contributed by atoms with Crippen LogP contribution in [0.4, 0.5) is 0 Å². The van der Waals surface area contributed by atoms with Crippen LogP contribution in [0.25, 0.3) is 10.9 Å². The number of furan rings is 1. The molecule has 2 N–H and O–H groups in total. The van der Waals surface area contributed by atoms with Crippen molar-refractivity contribution in [2.24, 2.45) is 0 Å². The molecule has 0 amide bonds. The van der Waals surface area contributed by atoms with Gasteiger partial charge in [-0.05, 0) is 86.8 Å². The number of aromatic amines is 1. The molecule has 0 unspecified atom stereocenters. The highest BCUT2D eigenvalue weighted by atomic mass is 32.1. The van der Waals surface area contributed by atoms with Gasteiger partial charge in [-0.1, -0.05) is 26.0 Å². The molecule has 32 heavy (non-hydrogen) atoms. The maximum absolute atomic E-state index is 12.9. The number of aromatic nitrogens is 1. The molecule has 0 atom stereocenters. The molecule has 3 rings (SSSR count). The monoisotopic (exact) mass is 454 g/mol. The highest BCUT2D eigenvalue weighted by molar-refractivity contribution is 7.80. The number of hydrogen-bond donors (Lipinski definition) is 2. The fraction of sp³-hybridized carbons (Fsp3) is 0.440. The summed E-state index contributed by atoms with van der Waals surface area (Å²) in [6.07, 6.45) is 2.66. The zero-order valence-electron chi connectivity index (χ0n) is 19.5. The molecule has 0 fully saturated rings. The highest BCUT2D eigenvalue weighted by Gasteiger charge is 2.16. The van der Waals surface area contributed by atoms with E-state index in [0.29, 0.717) is 23.8 Å². The van der Waals surface area contributed by atoms with E-state index in [2.05, 4.69) is 48.1 Å². The third kappa shape index (κ3) is 5.99. The summed E-state index contributed by atoms with van der Waals surface area (Å²) < 4.78 is 5.55. The van der Waals surface area contributed by atoms with E-state index in [9.17, 15) is 4.79 Å². The van der Waals surface area contributed by atoms with Gasteiger partial charge in [0.15, 0.2) is 5.11 Å². The third-order valence-electron chi connectivity index (χ3n) is 6.02. The zero-order chi connectivity index (χ0) is 23.1. The average molecular weight is 455 g/mol. The highest BCUT2D eigenvalue weighted by Crippen LogP contribution is 2.20. The lowest BCUT2D eigenvalue weighted by Crippen LogP contribution is -2.41. The molecule has 1 aromatic carbocycles. The van der Waals surface area contributed by atoms with Crippen LogP contribution >= 0.6 is 12.2 Å². The molecular weight excluding hydrogens is 420 g/mol. The van der Waals surface area contributed by atoms with Gasteiger partial charge in [-0.25, -0.2) is 0 Å². The van der Waals surface area contributed by atoms with Crippen molar-refractivity contribution in [2.75, 3.05) is 26.2 Å². The molecule has 2 heterocycles. The summed E-state index contributed by atoms with van der Waals surface area (Å²) >= 11 is 5.71. The number of hydrogen-bond acceptors (Lipinski definition) is 4. The second-order valence-electron chi connectivity index (χ2n) is 8.14. The Labute approximate surface area is 195 Å². The number of thiocarbonyl (C=S) groups is 1. The molecule has 0 bridgehead atoms. The summed E-state index contributed by atoms with van der Waals surface area (Å²) in [5, 5.41) is 5.02. The van der Waals surface area contributed by atoms with E-state index in [-0.39, 0.29) is 5.56 Å². The number of nitrogens with one attached hydrogen (secondary N) is 2. The van der Waals surface area contributed by atoms with Crippen molar-refractivity contribution in [3.05, 3.63) is 69.4 Å². The van der Waals surface area contributed by atoms with Crippen LogP contribution in [0, 0.1) is 13.8 Å². The van der Waals surface area contributed by atoms with Gasteiger partial charge in [-0.2, -0.15) is 0 Å². The predicted molar refractivity (Wildman–Crippen MR) is 135 cm³/mol. The predicted octanol–water partition coefficient (Wildman–Crippen LogP) is 4.35. The van der Waals surface area contributed by atoms with E-state index in [0.717, 1.165) is 60.4 Å². The molecule has 3 aromatic rings. The van der Waals surface area contributed by atoms with Crippen molar-refractivity contribution in [3.8, 4) is 0 Å². The first-order chi connectivity index (χ1) is 15.4. The molecule has 0 saturated heterocycles. The van der Waals surface area contributed by atoms with E-state index in [4.69, 9.17) is 16.6 Å². The van der Waals surface area contributed by atoms with E-state index in [1.807, 2.05) is 30.0 Å². The van der Waals surface area contributed by atoms with Crippen LogP contribution in [0.2, 0.25) is 0 Å². The molecule has 0 aliphatic rings. The Bertz CT molecular complexity index is 1090. The first-order valence-corrected chi connectivity index (χ1v) is 11.7. The Morgan fingerprint density at radius 2 is 1.94 bits per heavy atom. The molecule has 0 spiro atoms. The van der Waals surface area contributed by atoms with Gasteiger partial charge in [0, 0.05) is 12.1 Å². The standard InChI is InChI=1S/C25H34N4O2S/c1-5-28(6-2)13-8-12-26-25(32)29(17-22-9-7-14-31-22)16-21-15-20-11-10-18(3)19(4)23(20)27-24(21)30/h7,9-11,14-15H,5-6,8,12-13,16-17H2,1-4H3,(H,26,32)(H,27,30). The lowest BCUT2D eigenvalue weighted by molar-refractivity contribution is 0.298. The van der Waals surface area contributed by atoms with Gasteiger partial charge in [-0.15, -0.1) is 0 Å². The van der Waals surface area contributed by atoms with E-state index in [1.54, 1.807) is 6.26 Å². The van der Waals surface area contributed by atoms with Crippen LogP contribution < -0.4 is 10.9 Å². The Morgan fingerprint density at radius 3 is 2.62 bits per heavy atom. The maximum Gasteiger partial charge on any atom is 0.253 e. The normalized spacial score (nSPS) is 11.3. The minimum Gasteiger partial charge on any atom is -0.467 e. The third-order valence-corrected chi connectivity index (χ3v) is 6.43. The Balaban J connectivity index is 1.76. The lowest BCUT2D eigenvalue weighted by Gasteiger charge is -2.25. The molecule has 0 saturated carbocycles. The Hall–Kier alpha value is -2.64. The first kappa shape index (κ1) is 24.0. The molecule has 172 valence electrons. The summed E-state index contributed by atoms with van der Waals surface area (Å²) in [6, 6.07) is 9.90. The fourth-order valence-corrected chi connectivity index (χ4v) is 4.06. The SMILES string of the molecule is CCN(CC)CCCNC(=S)N(Cc1ccco1)Cc1cc2ccc(C)c(C)c2[nH]c1=O. The molecule has 2 aromatic heterocycles. The second kappa shape index (κ2) is 11.3. The van der Waals surface area contributed by atoms with E-state index < -0.39 is 0 Å². The van der Waals surface area contributed by atoms with Crippen molar-refractivity contribution in [1.82, 2.24) is 20.1 Å². The van der Waals surface area contributed by atoms with Gasteiger partial charge >= 0.3 is 0 Å². The smallest absolute Gasteiger partial charge is 0.253 e. The van der Waals surface area contributed by atoms with Crippen LogP contribution in [0.5, 0.6) is 0 Å². The van der Waals surface area contributed by atoms with E-state index >= 15 is 0 Å². The van der Waals surface area contributed by atoms with Crippen LogP contribution in [0.1, 0.15) is 42.7 Å². The fourth-order valence-electron chi connectivity index (χ4n) is 3.83. The molecular formula is C25H34N4O2S. The minimum atomic E-state index is -0.0834. The van der Waals surface area contributed by atoms with Gasteiger partial charge in [0.05, 0.1) is 24.9 Å². The zero-order valence-corrected chi connectivity index (χ0v) is 20.3. The van der Waals surface area contributed by atoms with Gasteiger partial charge in [0.2, 0.25) is 0 Å². The summed E-state index contributed by atoms with van der Waals surface area (Å²) in [5.74, 6) is 0.806. The van der Waals surface area contributed by atoms with Crippen molar-refractivity contribution in [2.45, 2.75) is 47.2 Å². The number of aryl methyl sites for hydroxylation is 2. The molecule has 0 radical (unpaired) electrons. The van der Waals surface area contributed by atoms with Crippen LogP contribution in [0.15, 0.2) is 45.8 Å².